The molecule has 1 spiro atoms. The maximum Gasteiger partial charge on any atom is 0.273 e. The van der Waals surface area contributed by atoms with Crippen molar-refractivity contribution in [2.75, 3.05) is 30.8 Å². The van der Waals surface area contributed by atoms with E-state index < -0.39 is 0 Å². The number of anilines is 3. The third kappa shape index (κ3) is 4.88. The molecule has 3 heterocycles. The number of rotatable bonds is 5. The summed E-state index contributed by atoms with van der Waals surface area (Å²) < 4.78 is 0. The van der Waals surface area contributed by atoms with Crippen molar-refractivity contribution in [3.8, 4) is 6.07 Å². The minimum atomic E-state index is -0.287. The Labute approximate surface area is 181 Å². The lowest BCUT2D eigenvalue weighted by Crippen LogP contribution is -2.41. The average molecular weight is 422 g/mol. The average Bonchev–Trinajstić information content (AvgIpc) is 2.81. The summed E-state index contributed by atoms with van der Waals surface area (Å²) in [6, 6.07) is 3.99. The summed E-state index contributed by atoms with van der Waals surface area (Å²) in [5, 5.41) is 29.7. The van der Waals surface area contributed by atoms with Crippen LogP contribution in [0, 0.1) is 16.7 Å². The number of nitriles is 1. The smallest absolute Gasteiger partial charge is 0.273 e. The molecular weight excluding hydrogens is 394 g/mol. The molecule has 1 aliphatic carbocycles. The van der Waals surface area contributed by atoms with E-state index in [0.717, 1.165) is 25.9 Å². The quantitative estimate of drug-likeness (QED) is 0.570. The molecule has 0 bridgehead atoms. The van der Waals surface area contributed by atoms with Crippen molar-refractivity contribution in [2.45, 2.75) is 44.6 Å². The summed E-state index contributed by atoms with van der Waals surface area (Å²) in [5.41, 5.74) is 1.62. The standard InChI is InChI=1S/C21H27N9O/c1-23-20(31)19-16(27-14-2-4-21(5-3-14)6-8-24-9-7-21)10-17(29-30-19)28-18-13-25-15(11-22)12-26-18/h10,12-14,24H,2-9H2,1H3,(H,23,31)(H2,26,27,28,29). The van der Waals surface area contributed by atoms with Gasteiger partial charge in [-0.05, 0) is 57.0 Å². The molecule has 10 heteroatoms. The zero-order valence-corrected chi connectivity index (χ0v) is 17.6. The van der Waals surface area contributed by atoms with E-state index >= 15 is 0 Å². The Morgan fingerprint density at radius 3 is 2.55 bits per heavy atom. The van der Waals surface area contributed by atoms with Crippen LogP contribution >= 0.6 is 0 Å². The number of nitrogens with zero attached hydrogens (tertiary/aromatic N) is 5. The fourth-order valence-corrected chi connectivity index (χ4v) is 4.48. The lowest BCUT2D eigenvalue weighted by atomic mass is 9.67. The first-order valence-corrected chi connectivity index (χ1v) is 10.7. The van der Waals surface area contributed by atoms with Gasteiger partial charge in [0.1, 0.15) is 11.9 Å². The van der Waals surface area contributed by atoms with E-state index in [2.05, 4.69) is 41.4 Å². The number of piperidine rings is 1. The van der Waals surface area contributed by atoms with Gasteiger partial charge < -0.3 is 21.3 Å². The maximum atomic E-state index is 12.3. The molecule has 0 atom stereocenters. The third-order valence-corrected chi connectivity index (χ3v) is 6.33. The fraction of sp³-hybridized carbons (Fsp3) is 0.524. The second kappa shape index (κ2) is 9.22. The highest BCUT2D eigenvalue weighted by Crippen LogP contribution is 2.43. The molecule has 4 rings (SSSR count). The lowest BCUT2D eigenvalue weighted by Gasteiger charge is -2.43. The zero-order chi connectivity index (χ0) is 21.7. The Kier molecular flexibility index (Phi) is 6.23. The van der Waals surface area contributed by atoms with Gasteiger partial charge in [-0.25, -0.2) is 9.97 Å². The van der Waals surface area contributed by atoms with Gasteiger partial charge in [-0.1, -0.05) is 0 Å². The molecule has 1 saturated carbocycles. The predicted octanol–water partition coefficient (Wildman–Crippen LogP) is 1.97. The van der Waals surface area contributed by atoms with Crippen molar-refractivity contribution >= 4 is 23.2 Å². The van der Waals surface area contributed by atoms with Crippen molar-refractivity contribution in [3.05, 3.63) is 29.8 Å². The topological polar surface area (TPSA) is 141 Å². The SMILES string of the molecule is CNC(=O)c1nnc(Nc2cnc(C#N)cn2)cc1NC1CCC2(CCNCC2)CC1. The van der Waals surface area contributed by atoms with Gasteiger partial charge in [0.05, 0.1) is 18.1 Å². The Hall–Kier alpha value is -3.32. The number of amides is 1. The molecule has 162 valence electrons. The first-order valence-electron chi connectivity index (χ1n) is 10.7. The number of nitrogens with one attached hydrogen (secondary N) is 4. The summed E-state index contributed by atoms with van der Waals surface area (Å²) in [7, 11) is 1.58. The van der Waals surface area contributed by atoms with E-state index in [9.17, 15) is 4.79 Å². The van der Waals surface area contributed by atoms with E-state index in [-0.39, 0.29) is 23.3 Å². The summed E-state index contributed by atoms with van der Waals surface area (Å²) in [6.45, 7) is 2.22. The number of carbonyl (C=O) groups is 1. The van der Waals surface area contributed by atoms with Crippen LogP contribution in [-0.2, 0) is 0 Å². The number of hydrogen-bond donors (Lipinski definition) is 4. The highest BCUT2D eigenvalue weighted by Gasteiger charge is 2.36. The van der Waals surface area contributed by atoms with Crippen LogP contribution in [0.3, 0.4) is 0 Å². The molecule has 0 radical (unpaired) electrons. The van der Waals surface area contributed by atoms with Crippen molar-refractivity contribution in [2.24, 2.45) is 5.41 Å². The molecule has 1 aliphatic heterocycles. The van der Waals surface area contributed by atoms with Crippen LogP contribution in [0.2, 0.25) is 0 Å². The Bertz CT molecular complexity index is 954. The molecule has 2 aromatic rings. The maximum absolute atomic E-state index is 12.3. The molecule has 1 saturated heterocycles. The summed E-state index contributed by atoms with van der Waals surface area (Å²) in [4.78, 5) is 20.5. The first kappa shape index (κ1) is 20.9. The van der Waals surface area contributed by atoms with E-state index in [4.69, 9.17) is 5.26 Å². The van der Waals surface area contributed by atoms with Gasteiger partial charge in [0, 0.05) is 19.2 Å². The van der Waals surface area contributed by atoms with Crippen LogP contribution in [0.1, 0.15) is 54.7 Å². The van der Waals surface area contributed by atoms with Crippen molar-refractivity contribution in [3.63, 3.8) is 0 Å². The predicted molar refractivity (Wildman–Crippen MR) is 116 cm³/mol. The number of hydrogen-bond acceptors (Lipinski definition) is 9. The van der Waals surface area contributed by atoms with Gasteiger partial charge >= 0.3 is 0 Å². The van der Waals surface area contributed by atoms with Gasteiger partial charge in [-0.2, -0.15) is 5.26 Å². The number of carbonyl (C=O) groups excluding carboxylic acids is 1. The van der Waals surface area contributed by atoms with E-state index in [0.29, 0.717) is 22.7 Å². The molecule has 2 aliphatic rings. The van der Waals surface area contributed by atoms with Gasteiger partial charge in [-0.15, -0.1) is 10.2 Å². The molecule has 31 heavy (non-hydrogen) atoms. The lowest BCUT2D eigenvalue weighted by molar-refractivity contribution is 0.0957. The minimum Gasteiger partial charge on any atom is -0.380 e. The van der Waals surface area contributed by atoms with Crippen LogP contribution in [-0.4, -0.2) is 52.3 Å². The molecule has 4 N–H and O–H groups in total. The zero-order valence-electron chi connectivity index (χ0n) is 17.6. The van der Waals surface area contributed by atoms with Gasteiger partial charge in [0.25, 0.3) is 5.91 Å². The van der Waals surface area contributed by atoms with Crippen LogP contribution in [0.4, 0.5) is 17.3 Å². The van der Waals surface area contributed by atoms with Crippen LogP contribution < -0.4 is 21.3 Å². The second-order valence-corrected chi connectivity index (χ2v) is 8.26. The summed E-state index contributed by atoms with van der Waals surface area (Å²) >= 11 is 0. The molecule has 0 unspecified atom stereocenters. The Morgan fingerprint density at radius 1 is 1.13 bits per heavy atom. The second-order valence-electron chi connectivity index (χ2n) is 8.26. The molecule has 0 aromatic carbocycles. The minimum absolute atomic E-state index is 0.234. The molecule has 10 nitrogen and oxygen atoms in total. The van der Waals surface area contributed by atoms with Gasteiger partial charge in [0.2, 0.25) is 0 Å². The van der Waals surface area contributed by atoms with Crippen molar-refractivity contribution in [1.29, 1.82) is 5.26 Å². The van der Waals surface area contributed by atoms with Crippen molar-refractivity contribution < 1.29 is 4.79 Å². The van der Waals surface area contributed by atoms with E-state index in [1.807, 2.05) is 6.07 Å². The van der Waals surface area contributed by atoms with E-state index in [1.54, 1.807) is 13.1 Å². The largest absolute Gasteiger partial charge is 0.380 e. The van der Waals surface area contributed by atoms with Crippen LogP contribution in [0.15, 0.2) is 18.5 Å². The monoisotopic (exact) mass is 421 g/mol. The van der Waals surface area contributed by atoms with Crippen LogP contribution in [0.5, 0.6) is 0 Å². The highest BCUT2D eigenvalue weighted by atomic mass is 16.1. The fourth-order valence-electron chi connectivity index (χ4n) is 4.48. The normalized spacial score (nSPS) is 18.2. The highest BCUT2D eigenvalue weighted by molar-refractivity contribution is 5.97. The third-order valence-electron chi connectivity index (χ3n) is 6.33. The Balaban J connectivity index is 1.48. The summed E-state index contributed by atoms with van der Waals surface area (Å²) in [5.74, 6) is 0.600. The molecule has 1 amide bonds. The number of aromatic nitrogens is 4. The van der Waals surface area contributed by atoms with Crippen LogP contribution in [0.25, 0.3) is 0 Å². The van der Waals surface area contributed by atoms with Crippen molar-refractivity contribution in [1.82, 2.24) is 30.8 Å². The summed E-state index contributed by atoms with van der Waals surface area (Å²) in [6.07, 6.45) is 9.88. The van der Waals surface area contributed by atoms with Gasteiger partial charge in [-0.3, -0.25) is 4.79 Å². The van der Waals surface area contributed by atoms with E-state index in [1.165, 1.54) is 38.1 Å². The first-order chi connectivity index (χ1) is 15.1. The molecule has 2 fully saturated rings. The molecule has 2 aromatic heterocycles. The van der Waals surface area contributed by atoms with Gasteiger partial charge in [0.15, 0.2) is 17.2 Å². The molecular formula is C21H27N9O. The Morgan fingerprint density at radius 2 is 1.90 bits per heavy atom.